The zero-order valence-corrected chi connectivity index (χ0v) is 9.69. The SMILES string of the molecule is CC(C)(C)OC(=O)C1C[C@@H]2CC(O)[C@@H]2C1. The number of esters is 1. The molecule has 0 aromatic carbocycles. The second kappa shape index (κ2) is 3.48. The van der Waals surface area contributed by atoms with Crippen LogP contribution in [0.3, 0.4) is 0 Å². The lowest BCUT2D eigenvalue weighted by atomic mass is 9.74. The van der Waals surface area contributed by atoms with Crippen molar-refractivity contribution in [2.75, 3.05) is 0 Å². The first-order chi connectivity index (χ1) is 6.87. The molecular formula is C12H20O3. The summed E-state index contributed by atoms with van der Waals surface area (Å²) in [7, 11) is 0. The van der Waals surface area contributed by atoms with E-state index in [1.807, 2.05) is 20.8 Å². The highest BCUT2D eigenvalue weighted by Gasteiger charge is 2.49. The number of carbonyl (C=O) groups excluding carboxylic acids is 1. The van der Waals surface area contributed by atoms with E-state index in [1.165, 1.54) is 0 Å². The smallest absolute Gasteiger partial charge is 0.309 e. The molecule has 2 aliphatic carbocycles. The number of carbonyl (C=O) groups is 1. The van der Waals surface area contributed by atoms with Crippen molar-refractivity contribution in [2.45, 2.75) is 51.7 Å². The molecule has 2 saturated carbocycles. The summed E-state index contributed by atoms with van der Waals surface area (Å²) in [5, 5.41) is 9.50. The lowest BCUT2D eigenvalue weighted by molar-refractivity contribution is -0.159. The molecule has 2 aliphatic rings. The molecular weight excluding hydrogens is 192 g/mol. The Balaban J connectivity index is 1.88. The molecule has 4 atom stereocenters. The van der Waals surface area contributed by atoms with Crippen LogP contribution in [0.25, 0.3) is 0 Å². The molecule has 0 spiro atoms. The number of hydrogen-bond acceptors (Lipinski definition) is 3. The van der Waals surface area contributed by atoms with Crippen molar-refractivity contribution in [2.24, 2.45) is 17.8 Å². The van der Waals surface area contributed by atoms with Gasteiger partial charge in [0.2, 0.25) is 0 Å². The van der Waals surface area contributed by atoms with Gasteiger partial charge >= 0.3 is 5.97 Å². The third-order valence-corrected chi connectivity index (χ3v) is 3.53. The molecule has 0 radical (unpaired) electrons. The topological polar surface area (TPSA) is 46.5 Å². The first-order valence-electron chi connectivity index (χ1n) is 5.78. The molecule has 0 aromatic rings. The minimum Gasteiger partial charge on any atom is -0.460 e. The molecule has 86 valence electrons. The van der Waals surface area contributed by atoms with Gasteiger partial charge in [-0.3, -0.25) is 4.79 Å². The summed E-state index contributed by atoms with van der Waals surface area (Å²) < 4.78 is 5.36. The number of ether oxygens (including phenoxy) is 1. The maximum atomic E-state index is 11.8. The van der Waals surface area contributed by atoms with Crippen molar-refractivity contribution in [1.29, 1.82) is 0 Å². The van der Waals surface area contributed by atoms with Gasteiger partial charge < -0.3 is 9.84 Å². The molecule has 3 heteroatoms. The Morgan fingerprint density at radius 1 is 1.27 bits per heavy atom. The van der Waals surface area contributed by atoms with Gasteiger partial charge in [-0.2, -0.15) is 0 Å². The predicted octanol–water partition coefficient (Wildman–Crippen LogP) is 1.74. The average molecular weight is 212 g/mol. The summed E-state index contributed by atoms with van der Waals surface area (Å²) in [6.45, 7) is 5.68. The van der Waals surface area contributed by atoms with Crippen molar-refractivity contribution >= 4 is 5.97 Å². The van der Waals surface area contributed by atoms with E-state index in [9.17, 15) is 9.90 Å². The Bertz CT molecular complexity index is 267. The van der Waals surface area contributed by atoms with Crippen molar-refractivity contribution in [3.8, 4) is 0 Å². The van der Waals surface area contributed by atoms with Gasteiger partial charge in [0.05, 0.1) is 12.0 Å². The van der Waals surface area contributed by atoms with Crippen LogP contribution in [0.4, 0.5) is 0 Å². The Hall–Kier alpha value is -0.570. The summed E-state index contributed by atoms with van der Waals surface area (Å²) in [6.07, 6.45) is 2.45. The summed E-state index contributed by atoms with van der Waals surface area (Å²) >= 11 is 0. The Morgan fingerprint density at radius 2 is 1.93 bits per heavy atom. The van der Waals surface area contributed by atoms with Crippen LogP contribution in [-0.4, -0.2) is 22.8 Å². The molecule has 1 N–H and O–H groups in total. The van der Waals surface area contributed by atoms with Crippen LogP contribution in [0.5, 0.6) is 0 Å². The zero-order chi connectivity index (χ0) is 11.2. The second-order valence-electron chi connectivity index (χ2n) is 5.93. The highest BCUT2D eigenvalue weighted by atomic mass is 16.6. The lowest BCUT2D eigenvalue weighted by Crippen LogP contribution is -2.37. The van der Waals surface area contributed by atoms with E-state index in [1.54, 1.807) is 0 Å². The molecule has 2 fully saturated rings. The van der Waals surface area contributed by atoms with E-state index >= 15 is 0 Å². The van der Waals surface area contributed by atoms with Gasteiger partial charge in [0.15, 0.2) is 0 Å². The fourth-order valence-corrected chi connectivity index (χ4v) is 2.77. The maximum Gasteiger partial charge on any atom is 0.309 e. The number of hydrogen-bond donors (Lipinski definition) is 1. The van der Waals surface area contributed by atoms with Crippen LogP contribution < -0.4 is 0 Å². The summed E-state index contributed by atoms with van der Waals surface area (Å²) in [4.78, 5) is 11.8. The van der Waals surface area contributed by atoms with Gasteiger partial charge in [-0.25, -0.2) is 0 Å². The monoisotopic (exact) mass is 212 g/mol. The van der Waals surface area contributed by atoms with E-state index < -0.39 is 5.60 Å². The van der Waals surface area contributed by atoms with Crippen LogP contribution in [0.2, 0.25) is 0 Å². The summed E-state index contributed by atoms with van der Waals surface area (Å²) in [5.74, 6) is 0.875. The molecule has 0 aromatic heterocycles. The third-order valence-electron chi connectivity index (χ3n) is 3.53. The second-order valence-corrected chi connectivity index (χ2v) is 5.93. The van der Waals surface area contributed by atoms with Gasteiger partial charge in [0.1, 0.15) is 5.60 Å². The highest BCUT2D eigenvalue weighted by molar-refractivity contribution is 5.73. The van der Waals surface area contributed by atoms with Crippen LogP contribution in [0, 0.1) is 17.8 Å². The molecule has 0 heterocycles. The largest absolute Gasteiger partial charge is 0.460 e. The predicted molar refractivity (Wildman–Crippen MR) is 56.2 cm³/mol. The van der Waals surface area contributed by atoms with Crippen molar-refractivity contribution < 1.29 is 14.6 Å². The van der Waals surface area contributed by atoms with E-state index in [4.69, 9.17) is 4.74 Å². The minimum atomic E-state index is -0.392. The molecule has 0 bridgehead atoms. The zero-order valence-electron chi connectivity index (χ0n) is 9.69. The van der Waals surface area contributed by atoms with Gasteiger partial charge in [-0.15, -0.1) is 0 Å². The van der Waals surface area contributed by atoms with Gasteiger partial charge in [-0.1, -0.05) is 0 Å². The first kappa shape index (κ1) is 10.9. The third kappa shape index (κ3) is 2.17. The van der Waals surface area contributed by atoms with Crippen LogP contribution in [0.15, 0.2) is 0 Å². The van der Waals surface area contributed by atoms with Crippen LogP contribution >= 0.6 is 0 Å². The Morgan fingerprint density at radius 3 is 2.40 bits per heavy atom. The Kier molecular flexibility index (Phi) is 2.53. The molecule has 0 amide bonds. The first-order valence-corrected chi connectivity index (χ1v) is 5.78. The summed E-state index contributed by atoms with van der Waals surface area (Å²) in [5.41, 5.74) is -0.392. The number of aliphatic hydroxyl groups excluding tert-OH is 1. The van der Waals surface area contributed by atoms with E-state index in [-0.39, 0.29) is 18.0 Å². The number of fused-ring (bicyclic) bond motifs is 1. The quantitative estimate of drug-likeness (QED) is 0.673. The van der Waals surface area contributed by atoms with Crippen LogP contribution in [0.1, 0.15) is 40.0 Å². The molecule has 3 nitrogen and oxygen atoms in total. The molecule has 0 aliphatic heterocycles. The van der Waals surface area contributed by atoms with Crippen molar-refractivity contribution in [1.82, 2.24) is 0 Å². The average Bonchev–Trinajstić information content (AvgIpc) is 2.39. The molecule has 2 unspecified atom stereocenters. The molecule has 2 rings (SSSR count). The molecule has 15 heavy (non-hydrogen) atoms. The standard InChI is InChI=1S/C12H20O3/c1-12(2,3)15-11(14)8-4-7-6-10(13)9(7)5-8/h7-10,13H,4-6H2,1-3H3/t7-,8?,9-,10?/m1/s1. The van der Waals surface area contributed by atoms with Gasteiger partial charge in [0.25, 0.3) is 0 Å². The number of aliphatic hydroxyl groups is 1. The van der Waals surface area contributed by atoms with E-state index in [2.05, 4.69) is 0 Å². The van der Waals surface area contributed by atoms with Gasteiger partial charge in [-0.05, 0) is 51.9 Å². The Labute approximate surface area is 90.8 Å². The number of rotatable bonds is 1. The lowest BCUT2D eigenvalue weighted by Gasteiger charge is -2.36. The summed E-state index contributed by atoms with van der Waals surface area (Å²) in [6, 6.07) is 0. The normalized spacial score (nSPS) is 39.5. The highest BCUT2D eigenvalue weighted by Crippen LogP contribution is 2.50. The van der Waals surface area contributed by atoms with Crippen molar-refractivity contribution in [3.63, 3.8) is 0 Å². The van der Waals surface area contributed by atoms with Crippen LogP contribution in [-0.2, 0) is 9.53 Å². The fourth-order valence-electron chi connectivity index (χ4n) is 2.77. The molecule has 0 saturated heterocycles. The van der Waals surface area contributed by atoms with Crippen molar-refractivity contribution in [3.05, 3.63) is 0 Å². The van der Waals surface area contributed by atoms with Gasteiger partial charge in [0, 0.05) is 0 Å². The van der Waals surface area contributed by atoms with E-state index in [0.29, 0.717) is 11.8 Å². The van der Waals surface area contributed by atoms with E-state index in [0.717, 1.165) is 19.3 Å². The minimum absolute atomic E-state index is 0.0244. The maximum absolute atomic E-state index is 11.8. The fraction of sp³-hybridized carbons (Fsp3) is 0.917.